The molecule has 0 bridgehead atoms. The van der Waals surface area contributed by atoms with E-state index in [1.54, 1.807) is 12.1 Å². The number of carbonyl (C=O) groups is 1. The maximum absolute atomic E-state index is 12.2. The SMILES string of the molecule is O=C(Cc1ccc(Cl)c(Cl)c1)NC1(CBr)CCOCC1. The van der Waals surface area contributed by atoms with Crippen molar-refractivity contribution in [1.29, 1.82) is 0 Å². The molecule has 0 aromatic heterocycles. The molecule has 3 nitrogen and oxygen atoms in total. The highest BCUT2D eigenvalue weighted by Gasteiger charge is 2.32. The molecular formula is C14H16BrCl2NO2. The number of hydrogen-bond donors (Lipinski definition) is 1. The Morgan fingerprint density at radius 2 is 2.00 bits per heavy atom. The van der Waals surface area contributed by atoms with E-state index in [0.717, 1.165) is 23.7 Å². The van der Waals surface area contributed by atoms with Crippen LogP contribution in [-0.4, -0.2) is 30.0 Å². The van der Waals surface area contributed by atoms with Crippen molar-refractivity contribution >= 4 is 45.0 Å². The van der Waals surface area contributed by atoms with Crippen molar-refractivity contribution < 1.29 is 9.53 Å². The van der Waals surface area contributed by atoms with Gasteiger partial charge in [0.1, 0.15) is 0 Å². The number of benzene rings is 1. The van der Waals surface area contributed by atoms with Gasteiger partial charge in [-0.2, -0.15) is 0 Å². The van der Waals surface area contributed by atoms with Crippen LogP contribution in [0.1, 0.15) is 18.4 Å². The van der Waals surface area contributed by atoms with Crippen molar-refractivity contribution in [3.63, 3.8) is 0 Å². The molecule has 0 aliphatic carbocycles. The lowest BCUT2D eigenvalue weighted by molar-refractivity contribution is -0.123. The molecule has 0 spiro atoms. The van der Waals surface area contributed by atoms with Gasteiger partial charge >= 0.3 is 0 Å². The molecule has 6 heteroatoms. The second-order valence-corrected chi connectivity index (χ2v) is 6.37. The predicted octanol–water partition coefficient (Wildman–Crippen LogP) is 3.60. The summed E-state index contributed by atoms with van der Waals surface area (Å²) in [6, 6.07) is 5.26. The van der Waals surface area contributed by atoms with Gasteiger partial charge < -0.3 is 10.1 Å². The van der Waals surface area contributed by atoms with Crippen LogP contribution in [0.25, 0.3) is 0 Å². The van der Waals surface area contributed by atoms with Gasteiger partial charge in [-0.15, -0.1) is 0 Å². The van der Waals surface area contributed by atoms with Crippen LogP contribution in [0, 0.1) is 0 Å². The Bertz CT molecular complexity index is 490. The first-order valence-corrected chi connectivity index (χ1v) is 8.31. The first-order chi connectivity index (χ1) is 9.54. The highest BCUT2D eigenvalue weighted by molar-refractivity contribution is 9.09. The fraction of sp³-hybridized carbons (Fsp3) is 0.500. The standard InChI is InChI=1S/C14H16BrCl2NO2/c15-9-14(3-5-20-6-4-14)18-13(19)8-10-1-2-11(16)12(17)7-10/h1-2,7H,3-6,8-9H2,(H,18,19). The number of ether oxygens (including phenoxy) is 1. The van der Waals surface area contributed by atoms with Gasteiger partial charge in [0, 0.05) is 18.5 Å². The van der Waals surface area contributed by atoms with E-state index in [0.29, 0.717) is 29.7 Å². The second-order valence-electron chi connectivity index (χ2n) is 5.00. The maximum atomic E-state index is 12.2. The zero-order valence-corrected chi connectivity index (χ0v) is 14.0. The Balaban J connectivity index is 1.98. The van der Waals surface area contributed by atoms with Gasteiger partial charge in [0.25, 0.3) is 0 Å². The molecule has 1 fully saturated rings. The molecule has 1 heterocycles. The lowest BCUT2D eigenvalue weighted by Gasteiger charge is -2.36. The first-order valence-electron chi connectivity index (χ1n) is 6.43. The molecule has 1 saturated heterocycles. The third-order valence-electron chi connectivity index (χ3n) is 3.46. The zero-order chi connectivity index (χ0) is 14.6. The molecule has 1 N–H and O–H groups in total. The Labute approximate surface area is 137 Å². The summed E-state index contributed by atoms with van der Waals surface area (Å²) in [6.45, 7) is 1.36. The number of alkyl halides is 1. The van der Waals surface area contributed by atoms with Crippen LogP contribution in [0.15, 0.2) is 18.2 Å². The van der Waals surface area contributed by atoms with Gasteiger partial charge in [-0.1, -0.05) is 45.2 Å². The summed E-state index contributed by atoms with van der Waals surface area (Å²) in [7, 11) is 0. The zero-order valence-electron chi connectivity index (χ0n) is 10.9. The molecule has 0 unspecified atom stereocenters. The largest absolute Gasteiger partial charge is 0.381 e. The van der Waals surface area contributed by atoms with Crippen molar-refractivity contribution in [1.82, 2.24) is 5.32 Å². The molecule has 1 aromatic rings. The summed E-state index contributed by atoms with van der Waals surface area (Å²) < 4.78 is 5.35. The van der Waals surface area contributed by atoms with E-state index in [1.807, 2.05) is 6.07 Å². The quantitative estimate of drug-likeness (QED) is 0.810. The maximum Gasteiger partial charge on any atom is 0.224 e. The summed E-state index contributed by atoms with van der Waals surface area (Å²) in [4.78, 5) is 12.2. The average Bonchev–Trinajstić information content (AvgIpc) is 2.44. The van der Waals surface area contributed by atoms with Crippen LogP contribution < -0.4 is 5.32 Å². The summed E-state index contributed by atoms with van der Waals surface area (Å²) in [5.41, 5.74) is 0.652. The second kappa shape index (κ2) is 7.12. The number of carbonyl (C=O) groups excluding carboxylic acids is 1. The van der Waals surface area contributed by atoms with E-state index in [9.17, 15) is 4.79 Å². The lowest BCUT2D eigenvalue weighted by Crippen LogP contribution is -2.53. The van der Waals surface area contributed by atoms with E-state index >= 15 is 0 Å². The van der Waals surface area contributed by atoms with Crippen LogP contribution in [0.4, 0.5) is 0 Å². The summed E-state index contributed by atoms with van der Waals surface area (Å²) in [5.74, 6) is -0.00950. The number of rotatable bonds is 4. The van der Waals surface area contributed by atoms with Crippen LogP contribution in [0.2, 0.25) is 10.0 Å². The fourth-order valence-electron chi connectivity index (χ4n) is 2.23. The molecule has 20 heavy (non-hydrogen) atoms. The highest BCUT2D eigenvalue weighted by Crippen LogP contribution is 2.25. The van der Waals surface area contributed by atoms with Crippen molar-refractivity contribution in [2.45, 2.75) is 24.8 Å². The van der Waals surface area contributed by atoms with Crippen LogP contribution >= 0.6 is 39.1 Å². The van der Waals surface area contributed by atoms with E-state index in [4.69, 9.17) is 27.9 Å². The normalized spacial score (nSPS) is 17.8. The molecule has 0 atom stereocenters. The Morgan fingerprint density at radius 1 is 1.30 bits per heavy atom. The minimum atomic E-state index is -0.203. The summed E-state index contributed by atoms with van der Waals surface area (Å²) >= 11 is 15.3. The number of hydrogen-bond acceptors (Lipinski definition) is 2. The summed E-state index contributed by atoms with van der Waals surface area (Å²) in [5, 5.41) is 4.82. The van der Waals surface area contributed by atoms with Gasteiger partial charge in [-0.05, 0) is 30.5 Å². The number of halogens is 3. The molecule has 0 saturated carbocycles. The van der Waals surface area contributed by atoms with Crippen LogP contribution in [-0.2, 0) is 16.0 Å². The monoisotopic (exact) mass is 379 g/mol. The Hall–Kier alpha value is -0.290. The number of amides is 1. The lowest BCUT2D eigenvalue weighted by atomic mass is 9.92. The third-order valence-corrected chi connectivity index (χ3v) is 5.27. The Morgan fingerprint density at radius 3 is 2.60 bits per heavy atom. The van der Waals surface area contributed by atoms with Crippen LogP contribution in [0.3, 0.4) is 0 Å². The molecule has 1 aromatic carbocycles. The smallest absolute Gasteiger partial charge is 0.224 e. The third kappa shape index (κ3) is 4.10. The van der Waals surface area contributed by atoms with E-state index in [2.05, 4.69) is 21.2 Å². The van der Waals surface area contributed by atoms with Gasteiger partial charge in [-0.3, -0.25) is 4.79 Å². The van der Waals surface area contributed by atoms with Gasteiger partial charge in [0.05, 0.1) is 22.0 Å². The molecule has 1 amide bonds. The number of nitrogens with one attached hydrogen (secondary N) is 1. The molecule has 110 valence electrons. The summed E-state index contributed by atoms with van der Waals surface area (Å²) in [6.07, 6.45) is 1.95. The average molecular weight is 381 g/mol. The van der Waals surface area contributed by atoms with Gasteiger partial charge in [0.15, 0.2) is 0 Å². The molecule has 1 aliphatic heterocycles. The molecule has 2 rings (SSSR count). The molecule has 0 radical (unpaired) electrons. The first kappa shape index (κ1) is 16.1. The van der Waals surface area contributed by atoms with E-state index < -0.39 is 0 Å². The minimum absolute atomic E-state index is 0.00950. The molecule has 1 aliphatic rings. The van der Waals surface area contributed by atoms with Crippen molar-refractivity contribution in [2.75, 3.05) is 18.5 Å². The van der Waals surface area contributed by atoms with Crippen molar-refractivity contribution in [2.24, 2.45) is 0 Å². The van der Waals surface area contributed by atoms with Crippen molar-refractivity contribution in [3.8, 4) is 0 Å². The van der Waals surface area contributed by atoms with Crippen LogP contribution in [0.5, 0.6) is 0 Å². The van der Waals surface area contributed by atoms with E-state index in [1.165, 1.54) is 0 Å². The van der Waals surface area contributed by atoms with Crippen molar-refractivity contribution in [3.05, 3.63) is 33.8 Å². The van der Waals surface area contributed by atoms with E-state index in [-0.39, 0.29) is 11.4 Å². The highest BCUT2D eigenvalue weighted by atomic mass is 79.9. The topological polar surface area (TPSA) is 38.3 Å². The van der Waals surface area contributed by atoms with Gasteiger partial charge in [-0.25, -0.2) is 0 Å². The predicted molar refractivity (Wildman–Crippen MR) is 84.9 cm³/mol. The fourth-order valence-corrected chi connectivity index (χ4v) is 3.25. The molecular weight excluding hydrogens is 365 g/mol. The van der Waals surface area contributed by atoms with Gasteiger partial charge in [0.2, 0.25) is 5.91 Å². The Kier molecular flexibility index (Phi) is 5.73. The minimum Gasteiger partial charge on any atom is -0.381 e.